The fourth-order valence-electron chi connectivity index (χ4n) is 4.47. The standard InChI is InChI=1S/C23H25N5O3/c1-14-13-29-8-7-27(14)18-3-2-4-20-17(18)11-21(31-20)19-12-25-22-5-6-23(26-28(19)22)30-16-9-15(24)10-16/h2-6,11-12,14-16H,7-10,13,24H2,1H3/t14-,15-,16-/m1/s1. The van der Waals surface area contributed by atoms with Crippen LogP contribution in [0.5, 0.6) is 5.88 Å². The summed E-state index contributed by atoms with van der Waals surface area (Å²) in [4.78, 5) is 6.88. The van der Waals surface area contributed by atoms with E-state index in [4.69, 9.17) is 19.6 Å². The normalized spacial score (nSPS) is 23.9. The summed E-state index contributed by atoms with van der Waals surface area (Å²) in [6.07, 6.45) is 3.65. The minimum Gasteiger partial charge on any atom is -0.473 e. The van der Waals surface area contributed by atoms with Gasteiger partial charge in [0.15, 0.2) is 11.4 Å². The van der Waals surface area contributed by atoms with Crippen molar-refractivity contribution in [1.82, 2.24) is 14.6 Å². The molecule has 0 amide bonds. The molecule has 0 spiro atoms. The molecule has 6 rings (SSSR count). The Labute approximate surface area is 179 Å². The van der Waals surface area contributed by atoms with E-state index < -0.39 is 0 Å². The molecule has 1 aliphatic carbocycles. The average molecular weight is 419 g/mol. The van der Waals surface area contributed by atoms with Crippen molar-refractivity contribution < 1.29 is 13.9 Å². The van der Waals surface area contributed by atoms with Gasteiger partial charge in [-0.05, 0) is 44.0 Å². The SMILES string of the molecule is C[C@@H]1COCCN1c1cccc2oc(-c3cnc4ccc(O[C@H]5C[C@H](N)C5)nn34)cc12. The lowest BCUT2D eigenvalue weighted by Crippen LogP contribution is -2.43. The van der Waals surface area contributed by atoms with Gasteiger partial charge in [-0.15, -0.1) is 5.10 Å². The largest absolute Gasteiger partial charge is 0.473 e. The molecule has 2 fully saturated rings. The van der Waals surface area contributed by atoms with Gasteiger partial charge in [0.25, 0.3) is 0 Å². The highest BCUT2D eigenvalue weighted by atomic mass is 16.5. The van der Waals surface area contributed by atoms with E-state index in [-0.39, 0.29) is 12.1 Å². The zero-order valence-corrected chi connectivity index (χ0v) is 17.4. The maximum atomic E-state index is 6.24. The summed E-state index contributed by atoms with van der Waals surface area (Å²) >= 11 is 0. The van der Waals surface area contributed by atoms with Crippen LogP contribution < -0.4 is 15.4 Å². The molecule has 0 bridgehead atoms. The number of furan rings is 1. The van der Waals surface area contributed by atoms with Gasteiger partial charge < -0.3 is 24.5 Å². The number of hydrogen-bond acceptors (Lipinski definition) is 7. The van der Waals surface area contributed by atoms with Crippen LogP contribution in [0.15, 0.2) is 47.0 Å². The van der Waals surface area contributed by atoms with E-state index >= 15 is 0 Å². The lowest BCUT2D eigenvalue weighted by Gasteiger charge is -2.35. The predicted octanol–water partition coefficient (Wildman–Crippen LogP) is 3.24. The van der Waals surface area contributed by atoms with Crippen molar-refractivity contribution in [3.8, 4) is 17.3 Å². The van der Waals surface area contributed by atoms with Gasteiger partial charge >= 0.3 is 0 Å². The van der Waals surface area contributed by atoms with Gasteiger partial charge in [-0.3, -0.25) is 0 Å². The maximum absolute atomic E-state index is 6.24. The smallest absolute Gasteiger partial charge is 0.232 e. The number of ether oxygens (including phenoxy) is 2. The van der Waals surface area contributed by atoms with Gasteiger partial charge in [-0.1, -0.05) is 6.07 Å². The number of rotatable bonds is 4. The molecular weight excluding hydrogens is 394 g/mol. The lowest BCUT2D eigenvalue weighted by molar-refractivity contribution is 0.0944. The first-order valence-electron chi connectivity index (χ1n) is 10.8. The maximum Gasteiger partial charge on any atom is 0.232 e. The minimum atomic E-state index is 0.135. The molecule has 31 heavy (non-hydrogen) atoms. The van der Waals surface area contributed by atoms with Crippen LogP contribution in [0.4, 0.5) is 5.69 Å². The highest BCUT2D eigenvalue weighted by Gasteiger charge is 2.28. The summed E-state index contributed by atoms with van der Waals surface area (Å²) in [7, 11) is 0. The number of aromatic nitrogens is 3. The van der Waals surface area contributed by atoms with Crippen molar-refractivity contribution in [2.24, 2.45) is 5.73 Å². The molecule has 1 aliphatic heterocycles. The van der Waals surface area contributed by atoms with E-state index in [1.165, 1.54) is 0 Å². The number of morpholine rings is 1. The first-order chi connectivity index (χ1) is 15.2. The molecule has 4 heterocycles. The number of anilines is 1. The van der Waals surface area contributed by atoms with Crippen LogP contribution in [0.25, 0.3) is 28.1 Å². The van der Waals surface area contributed by atoms with E-state index in [9.17, 15) is 0 Å². The second-order valence-electron chi connectivity index (χ2n) is 8.47. The third-order valence-corrected chi connectivity index (χ3v) is 6.22. The predicted molar refractivity (Wildman–Crippen MR) is 117 cm³/mol. The van der Waals surface area contributed by atoms with Gasteiger partial charge in [-0.2, -0.15) is 0 Å². The number of nitrogens with zero attached hydrogens (tertiary/aromatic N) is 4. The molecule has 0 unspecified atom stereocenters. The van der Waals surface area contributed by atoms with Crippen molar-refractivity contribution in [3.05, 3.63) is 42.6 Å². The topological polar surface area (TPSA) is 91.0 Å². The lowest BCUT2D eigenvalue weighted by atomic mass is 9.90. The summed E-state index contributed by atoms with van der Waals surface area (Å²) in [6.45, 7) is 4.51. The second-order valence-corrected chi connectivity index (χ2v) is 8.47. The van der Waals surface area contributed by atoms with Crippen LogP contribution in [0.3, 0.4) is 0 Å². The van der Waals surface area contributed by atoms with Gasteiger partial charge in [0.1, 0.15) is 17.4 Å². The molecule has 3 aromatic heterocycles. The molecule has 1 atom stereocenters. The fraction of sp³-hybridized carbons (Fsp3) is 0.391. The third kappa shape index (κ3) is 3.23. The van der Waals surface area contributed by atoms with Crippen molar-refractivity contribution in [3.63, 3.8) is 0 Å². The molecule has 160 valence electrons. The zero-order valence-electron chi connectivity index (χ0n) is 17.4. The molecule has 2 N–H and O–H groups in total. The average Bonchev–Trinajstić information content (AvgIpc) is 3.36. The summed E-state index contributed by atoms with van der Waals surface area (Å²) < 4.78 is 19.6. The Morgan fingerprint density at radius 2 is 2.10 bits per heavy atom. The molecule has 2 aliphatic rings. The highest BCUT2D eigenvalue weighted by molar-refractivity contribution is 5.94. The van der Waals surface area contributed by atoms with Crippen molar-refractivity contribution in [2.75, 3.05) is 24.7 Å². The van der Waals surface area contributed by atoms with Crippen LogP contribution in [-0.2, 0) is 4.74 Å². The monoisotopic (exact) mass is 419 g/mol. The molecule has 1 aromatic carbocycles. The molecule has 8 heteroatoms. The zero-order chi connectivity index (χ0) is 20.9. The fourth-order valence-corrected chi connectivity index (χ4v) is 4.47. The Bertz CT molecular complexity index is 1240. The number of nitrogens with two attached hydrogens (primary N) is 1. The van der Waals surface area contributed by atoms with Gasteiger partial charge in [0.05, 0.1) is 19.4 Å². The van der Waals surface area contributed by atoms with Crippen molar-refractivity contribution in [2.45, 2.75) is 38.0 Å². The first-order valence-corrected chi connectivity index (χ1v) is 10.8. The number of benzene rings is 1. The van der Waals surface area contributed by atoms with Crippen molar-refractivity contribution in [1.29, 1.82) is 0 Å². The molecular formula is C23H25N5O3. The summed E-state index contributed by atoms with van der Waals surface area (Å²) in [5.74, 6) is 1.30. The van der Waals surface area contributed by atoms with Crippen LogP contribution in [-0.4, -0.2) is 52.5 Å². The molecule has 4 aromatic rings. The Kier molecular flexibility index (Phi) is 4.36. The van der Waals surface area contributed by atoms with E-state index in [1.54, 1.807) is 10.7 Å². The van der Waals surface area contributed by atoms with Gasteiger partial charge in [-0.25, -0.2) is 9.50 Å². The molecule has 0 radical (unpaired) electrons. The minimum absolute atomic E-state index is 0.135. The van der Waals surface area contributed by atoms with E-state index in [0.717, 1.165) is 66.4 Å². The molecule has 1 saturated heterocycles. The van der Waals surface area contributed by atoms with Gasteiger partial charge in [0.2, 0.25) is 5.88 Å². The van der Waals surface area contributed by atoms with Crippen LogP contribution in [0.1, 0.15) is 19.8 Å². The molecule has 1 saturated carbocycles. The van der Waals surface area contributed by atoms with Crippen LogP contribution in [0.2, 0.25) is 0 Å². The second kappa shape index (κ2) is 7.25. The van der Waals surface area contributed by atoms with E-state index in [1.807, 2.05) is 24.3 Å². The summed E-state index contributed by atoms with van der Waals surface area (Å²) in [5.41, 5.74) is 9.42. The van der Waals surface area contributed by atoms with E-state index in [0.29, 0.717) is 11.9 Å². The summed E-state index contributed by atoms with van der Waals surface area (Å²) in [5, 5.41) is 5.74. The van der Waals surface area contributed by atoms with E-state index in [2.05, 4.69) is 34.0 Å². The Morgan fingerprint density at radius 3 is 2.94 bits per heavy atom. The Balaban J connectivity index is 1.38. The first kappa shape index (κ1) is 18.7. The Morgan fingerprint density at radius 1 is 1.19 bits per heavy atom. The van der Waals surface area contributed by atoms with Crippen LogP contribution >= 0.6 is 0 Å². The van der Waals surface area contributed by atoms with Gasteiger partial charge in [0, 0.05) is 35.8 Å². The van der Waals surface area contributed by atoms with Crippen molar-refractivity contribution >= 4 is 22.3 Å². The summed E-state index contributed by atoms with van der Waals surface area (Å²) in [6, 6.07) is 12.6. The van der Waals surface area contributed by atoms with Crippen LogP contribution in [0, 0.1) is 0 Å². The Hall–Kier alpha value is -3.10. The number of imidazole rings is 1. The molecule has 8 nitrogen and oxygen atoms in total. The highest BCUT2D eigenvalue weighted by Crippen LogP contribution is 2.35. The number of fused-ring (bicyclic) bond motifs is 2. The number of hydrogen-bond donors (Lipinski definition) is 1. The quantitative estimate of drug-likeness (QED) is 0.543. The third-order valence-electron chi connectivity index (χ3n) is 6.22.